The van der Waals surface area contributed by atoms with Gasteiger partial charge in [0.25, 0.3) is 0 Å². The first kappa shape index (κ1) is 12.5. The van der Waals surface area contributed by atoms with Crippen LogP contribution in [0.2, 0.25) is 0 Å². The Morgan fingerprint density at radius 2 is 1.87 bits per heavy atom. The molecule has 2 heteroatoms. The summed E-state index contributed by atoms with van der Waals surface area (Å²) in [5.41, 5.74) is 0.370. The summed E-state index contributed by atoms with van der Waals surface area (Å²) < 4.78 is 4.84. The third-order valence-corrected chi connectivity index (χ3v) is 3.90. The summed E-state index contributed by atoms with van der Waals surface area (Å²) in [7, 11) is 1.49. The first-order valence-electron chi connectivity index (χ1n) is 5.94. The number of hydrogen-bond acceptors (Lipinski definition) is 2. The molecule has 15 heavy (non-hydrogen) atoms. The molecule has 88 valence electrons. The molecule has 1 aliphatic carbocycles. The Labute approximate surface area is 93.4 Å². The van der Waals surface area contributed by atoms with Crippen molar-refractivity contribution in [3.63, 3.8) is 0 Å². The van der Waals surface area contributed by atoms with Gasteiger partial charge in [-0.15, -0.1) is 0 Å². The van der Waals surface area contributed by atoms with Crippen LogP contribution in [0.25, 0.3) is 0 Å². The number of carbonyl (C=O) groups is 1. The Balaban J connectivity index is 2.59. The average molecular weight is 212 g/mol. The van der Waals surface area contributed by atoms with Crippen LogP contribution >= 0.6 is 0 Å². The first-order valence-corrected chi connectivity index (χ1v) is 5.94. The summed E-state index contributed by atoms with van der Waals surface area (Å²) in [4.78, 5) is 11.5. The van der Waals surface area contributed by atoms with Crippen LogP contribution in [0.15, 0.2) is 0 Å². The van der Waals surface area contributed by atoms with Gasteiger partial charge in [-0.3, -0.25) is 4.79 Å². The fourth-order valence-electron chi connectivity index (χ4n) is 2.68. The first-order chi connectivity index (χ1) is 6.86. The molecule has 0 amide bonds. The zero-order valence-electron chi connectivity index (χ0n) is 10.7. The number of methoxy groups -OCH3 is 1. The van der Waals surface area contributed by atoms with Crippen LogP contribution in [-0.2, 0) is 9.53 Å². The normalized spacial score (nSPS) is 32.5. The molecule has 3 atom stereocenters. The lowest BCUT2D eigenvalue weighted by Gasteiger charge is -2.39. The van der Waals surface area contributed by atoms with Crippen molar-refractivity contribution in [2.75, 3.05) is 7.11 Å². The maximum Gasteiger partial charge on any atom is 0.308 e. The van der Waals surface area contributed by atoms with Crippen LogP contribution in [0.3, 0.4) is 0 Å². The summed E-state index contributed by atoms with van der Waals surface area (Å²) in [5, 5.41) is 0. The topological polar surface area (TPSA) is 26.3 Å². The molecule has 1 fully saturated rings. The molecule has 0 unspecified atom stereocenters. The van der Waals surface area contributed by atoms with Crippen molar-refractivity contribution >= 4 is 5.97 Å². The fraction of sp³-hybridized carbons (Fsp3) is 0.923. The van der Waals surface area contributed by atoms with E-state index in [-0.39, 0.29) is 11.9 Å². The average Bonchev–Trinajstić information content (AvgIpc) is 2.15. The van der Waals surface area contributed by atoms with Gasteiger partial charge in [0.2, 0.25) is 0 Å². The summed E-state index contributed by atoms with van der Waals surface area (Å²) >= 11 is 0. The van der Waals surface area contributed by atoms with Crippen molar-refractivity contribution in [3.8, 4) is 0 Å². The van der Waals surface area contributed by atoms with Crippen molar-refractivity contribution in [1.29, 1.82) is 0 Å². The number of carbonyl (C=O) groups excluding carboxylic acids is 1. The Hall–Kier alpha value is -0.530. The standard InChI is InChI=1S/C13H24O2/c1-9-8-10(13(2,3)4)6-7-11(9)12(14)15-5/h9-11H,6-8H2,1-5H3/t9-,10+,11+/m1/s1. The second kappa shape index (κ2) is 4.54. The molecular weight excluding hydrogens is 188 g/mol. The van der Waals surface area contributed by atoms with E-state index in [1.807, 2.05) is 0 Å². The zero-order chi connectivity index (χ0) is 11.6. The SMILES string of the molecule is COC(=O)[C@H]1CC[C@H](C(C)(C)C)C[C@H]1C. The smallest absolute Gasteiger partial charge is 0.308 e. The highest BCUT2D eigenvalue weighted by atomic mass is 16.5. The molecule has 0 aromatic heterocycles. The molecular formula is C13H24O2. The highest BCUT2D eigenvalue weighted by Gasteiger charge is 2.37. The molecule has 0 aromatic carbocycles. The molecule has 0 radical (unpaired) electrons. The summed E-state index contributed by atoms with van der Waals surface area (Å²) in [6.45, 7) is 9.06. The van der Waals surface area contributed by atoms with Crippen LogP contribution in [-0.4, -0.2) is 13.1 Å². The second-order valence-electron chi connectivity index (χ2n) is 5.98. The second-order valence-corrected chi connectivity index (χ2v) is 5.98. The van der Waals surface area contributed by atoms with Gasteiger partial charge < -0.3 is 4.74 Å². The fourth-order valence-corrected chi connectivity index (χ4v) is 2.68. The summed E-state index contributed by atoms with van der Waals surface area (Å²) in [5.74, 6) is 1.33. The van der Waals surface area contributed by atoms with Gasteiger partial charge >= 0.3 is 5.97 Å². The Morgan fingerprint density at radius 3 is 2.27 bits per heavy atom. The Morgan fingerprint density at radius 1 is 1.27 bits per heavy atom. The lowest BCUT2D eigenvalue weighted by molar-refractivity contribution is -0.149. The van der Waals surface area contributed by atoms with Gasteiger partial charge in [-0.05, 0) is 36.5 Å². The van der Waals surface area contributed by atoms with E-state index in [0.29, 0.717) is 11.3 Å². The highest BCUT2D eigenvalue weighted by Crippen LogP contribution is 2.42. The third kappa shape index (κ3) is 2.96. The van der Waals surface area contributed by atoms with E-state index in [2.05, 4.69) is 27.7 Å². The molecule has 1 rings (SSSR count). The predicted octanol–water partition coefficient (Wildman–Crippen LogP) is 3.26. The Kier molecular flexibility index (Phi) is 3.80. The maximum absolute atomic E-state index is 11.5. The lowest BCUT2D eigenvalue weighted by Crippen LogP contribution is -2.34. The van der Waals surface area contributed by atoms with Gasteiger partial charge in [0.15, 0.2) is 0 Å². The largest absolute Gasteiger partial charge is 0.469 e. The minimum atomic E-state index is -0.0186. The highest BCUT2D eigenvalue weighted by molar-refractivity contribution is 5.72. The molecule has 1 saturated carbocycles. The third-order valence-electron chi connectivity index (χ3n) is 3.90. The molecule has 0 heterocycles. The van der Waals surface area contributed by atoms with Crippen LogP contribution in [0.4, 0.5) is 0 Å². The van der Waals surface area contributed by atoms with Crippen LogP contribution in [0, 0.1) is 23.2 Å². The van der Waals surface area contributed by atoms with Crippen LogP contribution < -0.4 is 0 Å². The van der Waals surface area contributed by atoms with Crippen LogP contribution in [0.5, 0.6) is 0 Å². The van der Waals surface area contributed by atoms with E-state index in [0.717, 1.165) is 25.2 Å². The molecule has 0 aromatic rings. The quantitative estimate of drug-likeness (QED) is 0.624. The van der Waals surface area contributed by atoms with Gasteiger partial charge in [-0.25, -0.2) is 0 Å². The van der Waals surface area contributed by atoms with E-state index >= 15 is 0 Å². The lowest BCUT2D eigenvalue weighted by atomic mass is 9.66. The monoisotopic (exact) mass is 212 g/mol. The number of hydrogen-bond donors (Lipinski definition) is 0. The Bertz CT molecular complexity index is 227. The van der Waals surface area contributed by atoms with Gasteiger partial charge in [0.1, 0.15) is 0 Å². The minimum Gasteiger partial charge on any atom is -0.469 e. The molecule has 0 spiro atoms. The number of ether oxygens (including phenoxy) is 1. The van der Waals surface area contributed by atoms with Crippen LogP contribution in [0.1, 0.15) is 47.0 Å². The van der Waals surface area contributed by atoms with Crippen molar-refractivity contribution in [1.82, 2.24) is 0 Å². The van der Waals surface area contributed by atoms with E-state index < -0.39 is 0 Å². The predicted molar refractivity (Wildman–Crippen MR) is 61.5 cm³/mol. The van der Waals surface area contributed by atoms with Crippen molar-refractivity contribution in [2.24, 2.45) is 23.2 Å². The number of rotatable bonds is 1. The molecule has 0 bridgehead atoms. The molecule has 2 nitrogen and oxygen atoms in total. The minimum absolute atomic E-state index is 0.0186. The summed E-state index contributed by atoms with van der Waals surface area (Å²) in [6, 6.07) is 0. The van der Waals surface area contributed by atoms with Gasteiger partial charge in [0.05, 0.1) is 13.0 Å². The van der Waals surface area contributed by atoms with E-state index in [1.165, 1.54) is 7.11 Å². The van der Waals surface area contributed by atoms with Gasteiger partial charge in [-0.2, -0.15) is 0 Å². The number of esters is 1. The van der Waals surface area contributed by atoms with Gasteiger partial charge in [0, 0.05) is 0 Å². The van der Waals surface area contributed by atoms with E-state index in [9.17, 15) is 4.79 Å². The maximum atomic E-state index is 11.5. The molecule has 0 N–H and O–H groups in total. The molecule has 0 saturated heterocycles. The van der Waals surface area contributed by atoms with E-state index in [4.69, 9.17) is 4.74 Å². The van der Waals surface area contributed by atoms with Crippen molar-refractivity contribution < 1.29 is 9.53 Å². The zero-order valence-corrected chi connectivity index (χ0v) is 10.7. The van der Waals surface area contributed by atoms with E-state index in [1.54, 1.807) is 0 Å². The van der Waals surface area contributed by atoms with Gasteiger partial charge in [-0.1, -0.05) is 27.7 Å². The van der Waals surface area contributed by atoms with Crippen molar-refractivity contribution in [2.45, 2.75) is 47.0 Å². The molecule has 0 aliphatic heterocycles. The van der Waals surface area contributed by atoms with Crippen molar-refractivity contribution in [3.05, 3.63) is 0 Å². The molecule has 1 aliphatic rings. The summed E-state index contributed by atoms with van der Waals surface area (Å²) in [6.07, 6.45) is 3.31.